The zero-order valence-electron chi connectivity index (χ0n) is 12.3. The number of hydrogen-bond donors (Lipinski definition) is 2. The molecule has 1 atom stereocenters. The molecule has 1 fully saturated rings. The van der Waals surface area contributed by atoms with Crippen molar-refractivity contribution in [3.63, 3.8) is 0 Å². The van der Waals surface area contributed by atoms with Crippen molar-refractivity contribution in [3.05, 3.63) is 0 Å². The molecule has 2 nitrogen and oxygen atoms in total. The molecule has 0 saturated heterocycles. The van der Waals surface area contributed by atoms with Gasteiger partial charge in [0, 0.05) is 6.54 Å². The first-order valence-corrected chi connectivity index (χ1v) is 7.28. The highest BCUT2D eigenvalue weighted by atomic mass is 14.9. The summed E-state index contributed by atoms with van der Waals surface area (Å²) in [5.41, 5.74) is 6.75. The Bertz CT molecular complexity index is 213. The van der Waals surface area contributed by atoms with Gasteiger partial charge in [0.1, 0.15) is 0 Å². The van der Waals surface area contributed by atoms with Gasteiger partial charge in [0.25, 0.3) is 0 Å². The Labute approximate surface area is 108 Å². The Morgan fingerprint density at radius 2 is 1.88 bits per heavy atom. The van der Waals surface area contributed by atoms with Crippen molar-refractivity contribution in [1.29, 1.82) is 0 Å². The van der Waals surface area contributed by atoms with Crippen LogP contribution in [0.4, 0.5) is 0 Å². The maximum Gasteiger partial charge on any atom is 0.000517 e. The number of nitrogens with two attached hydrogens (primary N) is 1. The Kier molecular flexibility index (Phi) is 5.46. The van der Waals surface area contributed by atoms with Crippen LogP contribution >= 0.6 is 0 Å². The molecule has 0 radical (unpaired) electrons. The Morgan fingerprint density at radius 3 is 2.35 bits per heavy atom. The van der Waals surface area contributed by atoms with Crippen molar-refractivity contribution in [2.75, 3.05) is 19.6 Å². The van der Waals surface area contributed by atoms with Crippen LogP contribution < -0.4 is 11.1 Å². The quantitative estimate of drug-likeness (QED) is 0.640. The van der Waals surface area contributed by atoms with Gasteiger partial charge in [-0.05, 0) is 61.9 Å². The summed E-state index contributed by atoms with van der Waals surface area (Å²) in [6, 6.07) is 0. The largest absolute Gasteiger partial charge is 0.330 e. The van der Waals surface area contributed by atoms with Gasteiger partial charge in [0.05, 0.1) is 0 Å². The lowest BCUT2D eigenvalue weighted by atomic mass is 9.76. The van der Waals surface area contributed by atoms with Gasteiger partial charge in [-0.2, -0.15) is 0 Å². The molecule has 2 heteroatoms. The third-order valence-electron chi connectivity index (χ3n) is 4.30. The fraction of sp³-hybridized carbons (Fsp3) is 1.00. The van der Waals surface area contributed by atoms with Crippen molar-refractivity contribution in [2.24, 2.45) is 22.5 Å². The summed E-state index contributed by atoms with van der Waals surface area (Å²) in [6.45, 7) is 12.6. The maximum absolute atomic E-state index is 5.71. The van der Waals surface area contributed by atoms with Gasteiger partial charge in [-0.1, -0.05) is 27.7 Å². The molecule has 1 aliphatic rings. The lowest BCUT2D eigenvalue weighted by Gasteiger charge is -2.30. The first-order valence-electron chi connectivity index (χ1n) is 7.28. The summed E-state index contributed by atoms with van der Waals surface area (Å²) < 4.78 is 0. The van der Waals surface area contributed by atoms with E-state index < -0.39 is 0 Å². The Balaban J connectivity index is 2.09. The van der Waals surface area contributed by atoms with Crippen molar-refractivity contribution in [2.45, 2.75) is 59.8 Å². The summed E-state index contributed by atoms with van der Waals surface area (Å²) in [5.74, 6) is 0.769. The molecule has 0 aromatic rings. The average molecular weight is 240 g/mol. The van der Waals surface area contributed by atoms with Crippen LogP contribution in [0.5, 0.6) is 0 Å². The van der Waals surface area contributed by atoms with Crippen LogP contribution in [0.25, 0.3) is 0 Å². The molecule has 1 saturated carbocycles. The third kappa shape index (κ3) is 5.87. The molecule has 17 heavy (non-hydrogen) atoms. The second-order valence-electron chi connectivity index (χ2n) is 7.27. The fourth-order valence-electron chi connectivity index (χ4n) is 2.47. The summed E-state index contributed by atoms with van der Waals surface area (Å²) in [5, 5.41) is 3.61. The molecule has 0 aromatic heterocycles. The van der Waals surface area contributed by atoms with Gasteiger partial charge in [-0.3, -0.25) is 0 Å². The van der Waals surface area contributed by atoms with Gasteiger partial charge in [0.2, 0.25) is 0 Å². The zero-order chi connectivity index (χ0) is 12.9. The van der Waals surface area contributed by atoms with E-state index in [1.165, 1.54) is 45.2 Å². The Hall–Kier alpha value is -0.0800. The molecule has 0 aliphatic heterocycles. The van der Waals surface area contributed by atoms with Gasteiger partial charge >= 0.3 is 0 Å². The lowest BCUT2D eigenvalue weighted by Crippen LogP contribution is -2.26. The average Bonchev–Trinajstić information content (AvgIpc) is 2.93. The minimum atomic E-state index is 0.405. The van der Waals surface area contributed by atoms with E-state index in [1.54, 1.807) is 0 Å². The topological polar surface area (TPSA) is 38.0 Å². The predicted molar refractivity (Wildman–Crippen MR) is 76.1 cm³/mol. The summed E-state index contributed by atoms with van der Waals surface area (Å²) in [4.78, 5) is 0. The lowest BCUT2D eigenvalue weighted by molar-refractivity contribution is 0.210. The molecule has 0 bridgehead atoms. The standard InChI is InChI=1S/C15H32N2/c1-14(2,3)13(7-10-16)6-5-11-17-12-15(4)8-9-15/h13,17H,5-12,16H2,1-4H3. The van der Waals surface area contributed by atoms with Gasteiger partial charge < -0.3 is 11.1 Å². The van der Waals surface area contributed by atoms with Crippen LogP contribution in [-0.4, -0.2) is 19.6 Å². The molecule has 3 N–H and O–H groups in total. The molecule has 1 rings (SSSR count). The second-order valence-corrected chi connectivity index (χ2v) is 7.27. The minimum absolute atomic E-state index is 0.405. The molecule has 0 aromatic carbocycles. The van der Waals surface area contributed by atoms with Crippen LogP contribution in [0.1, 0.15) is 59.8 Å². The van der Waals surface area contributed by atoms with E-state index in [-0.39, 0.29) is 0 Å². The van der Waals surface area contributed by atoms with E-state index in [2.05, 4.69) is 33.0 Å². The third-order valence-corrected chi connectivity index (χ3v) is 4.30. The molecule has 1 aliphatic carbocycles. The smallest absolute Gasteiger partial charge is 0.000517 e. The number of hydrogen-bond acceptors (Lipinski definition) is 2. The van der Waals surface area contributed by atoms with Crippen LogP contribution in [-0.2, 0) is 0 Å². The fourth-order valence-corrected chi connectivity index (χ4v) is 2.47. The molecule has 0 spiro atoms. The predicted octanol–water partition coefficient (Wildman–Crippen LogP) is 3.17. The normalized spacial score (nSPS) is 20.3. The van der Waals surface area contributed by atoms with Gasteiger partial charge in [0.15, 0.2) is 0 Å². The minimum Gasteiger partial charge on any atom is -0.330 e. The SMILES string of the molecule is CC1(CNCCCC(CCN)C(C)(C)C)CC1. The summed E-state index contributed by atoms with van der Waals surface area (Å²) >= 11 is 0. The van der Waals surface area contributed by atoms with Crippen LogP contribution in [0.2, 0.25) is 0 Å². The van der Waals surface area contributed by atoms with Gasteiger partial charge in [-0.15, -0.1) is 0 Å². The van der Waals surface area contributed by atoms with Crippen molar-refractivity contribution >= 4 is 0 Å². The van der Waals surface area contributed by atoms with E-state index in [0.29, 0.717) is 10.8 Å². The maximum atomic E-state index is 5.71. The van der Waals surface area contributed by atoms with E-state index >= 15 is 0 Å². The van der Waals surface area contributed by atoms with E-state index in [4.69, 9.17) is 5.73 Å². The summed E-state index contributed by atoms with van der Waals surface area (Å²) in [7, 11) is 0. The highest BCUT2D eigenvalue weighted by Crippen LogP contribution is 2.44. The van der Waals surface area contributed by atoms with Crippen LogP contribution in [0.15, 0.2) is 0 Å². The first-order chi connectivity index (χ1) is 7.87. The highest BCUT2D eigenvalue weighted by Gasteiger charge is 2.36. The molecular weight excluding hydrogens is 208 g/mol. The molecule has 102 valence electrons. The molecule has 0 heterocycles. The Morgan fingerprint density at radius 1 is 1.24 bits per heavy atom. The number of nitrogens with one attached hydrogen (secondary N) is 1. The van der Waals surface area contributed by atoms with Crippen molar-refractivity contribution in [1.82, 2.24) is 5.32 Å². The van der Waals surface area contributed by atoms with Crippen molar-refractivity contribution < 1.29 is 0 Å². The highest BCUT2D eigenvalue weighted by molar-refractivity contribution is 4.90. The first kappa shape index (κ1) is 15.0. The molecule has 0 amide bonds. The summed E-state index contributed by atoms with van der Waals surface area (Å²) in [6.07, 6.45) is 6.60. The van der Waals surface area contributed by atoms with E-state index in [1.807, 2.05) is 0 Å². The monoisotopic (exact) mass is 240 g/mol. The number of rotatable bonds is 8. The van der Waals surface area contributed by atoms with E-state index in [9.17, 15) is 0 Å². The second kappa shape index (κ2) is 6.19. The van der Waals surface area contributed by atoms with Crippen LogP contribution in [0, 0.1) is 16.7 Å². The van der Waals surface area contributed by atoms with Crippen molar-refractivity contribution in [3.8, 4) is 0 Å². The zero-order valence-corrected chi connectivity index (χ0v) is 12.3. The molecular formula is C15H32N2. The van der Waals surface area contributed by atoms with E-state index in [0.717, 1.165) is 12.5 Å². The molecule has 1 unspecified atom stereocenters. The van der Waals surface area contributed by atoms with Gasteiger partial charge in [-0.25, -0.2) is 0 Å². The van der Waals surface area contributed by atoms with Crippen LogP contribution in [0.3, 0.4) is 0 Å².